The van der Waals surface area contributed by atoms with Gasteiger partial charge in [-0.3, -0.25) is 0 Å². The molecule has 0 aliphatic carbocycles. The molecule has 1 aromatic heterocycles. The fourth-order valence-corrected chi connectivity index (χ4v) is 3.22. The van der Waals surface area contributed by atoms with E-state index in [4.69, 9.17) is 0 Å². The topological polar surface area (TPSA) is 17.8 Å². The van der Waals surface area contributed by atoms with Gasteiger partial charge in [0.1, 0.15) is 11.6 Å². The fraction of sp³-hybridized carbons (Fsp3) is 0.211. The minimum absolute atomic E-state index is 0.222. The van der Waals surface area contributed by atoms with Gasteiger partial charge in [0.05, 0.1) is 0 Å². The highest BCUT2D eigenvalue weighted by molar-refractivity contribution is 9.10. The number of hydrogen-bond acceptors (Lipinski definition) is 1. The van der Waals surface area contributed by atoms with Crippen LogP contribution in [0, 0.1) is 5.82 Å². The summed E-state index contributed by atoms with van der Waals surface area (Å²) in [7, 11) is 0. The predicted molar refractivity (Wildman–Crippen MR) is 93.9 cm³/mol. The Labute approximate surface area is 144 Å². The van der Waals surface area contributed by atoms with Gasteiger partial charge in [0, 0.05) is 29.8 Å². The molecule has 0 radical (unpaired) electrons. The maximum atomic E-state index is 13.5. The molecule has 0 atom stereocenters. The van der Waals surface area contributed by atoms with Crippen LogP contribution in [0.1, 0.15) is 23.4 Å². The van der Waals surface area contributed by atoms with E-state index in [0.29, 0.717) is 6.54 Å². The van der Waals surface area contributed by atoms with Crippen molar-refractivity contribution in [1.29, 1.82) is 0 Å². The molecule has 0 amide bonds. The van der Waals surface area contributed by atoms with E-state index in [0.717, 1.165) is 35.1 Å². The lowest BCUT2D eigenvalue weighted by Crippen LogP contribution is -2.05. The van der Waals surface area contributed by atoms with E-state index in [2.05, 4.69) is 49.7 Å². The van der Waals surface area contributed by atoms with E-state index in [1.54, 1.807) is 6.07 Å². The lowest BCUT2D eigenvalue weighted by molar-refractivity contribution is 0.620. The summed E-state index contributed by atoms with van der Waals surface area (Å²) < 4.78 is 16.3. The van der Waals surface area contributed by atoms with Crippen molar-refractivity contribution >= 4 is 15.9 Å². The van der Waals surface area contributed by atoms with Gasteiger partial charge in [0.15, 0.2) is 0 Å². The summed E-state index contributed by atoms with van der Waals surface area (Å²) in [6.45, 7) is 0.636. The first kappa shape index (κ1) is 15.9. The highest BCUT2D eigenvalue weighted by Gasteiger charge is 2.06. The summed E-state index contributed by atoms with van der Waals surface area (Å²) in [5.41, 5.74) is 2.28. The van der Waals surface area contributed by atoms with Crippen LogP contribution in [0.2, 0.25) is 0 Å². The van der Waals surface area contributed by atoms with E-state index < -0.39 is 0 Å². The molecule has 1 heterocycles. The van der Waals surface area contributed by atoms with Gasteiger partial charge in [0.25, 0.3) is 0 Å². The normalized spacial score (nSPS) is 10.9. The van der Waals surface area contributed by atoms with E-state index in [1.807, 2.05) is 24.5 Å². The molecule has 3 rings (SSSR count). The van der Waals surface area contributed by atoms with Crippen LogP contribution < -0.4 is 0 Å². The molecule has 0 fully saturated rings. The van der Waals surface area contributed by atoms with Crippen LogP contribution in [0.5, 0.6) is 0 Å². The zero-order valence-corrected chi connectivity index (χ0v) is 14.3. The molecule has 0 saturated heterocycles. The van der Waals surface area contributed by atoms with Crippen LogP contribution in [0.4, 0.5) is 4.39 Å². The Morgan fingerprint density at radius 3 is 2.61 bits per heavy atom. The maximum Gasteiger partial charge on any atom is 0.124 e. The number of benzene rings is 2. The zero-order valence-electron chi connectivity index (χ0n) is 12.8. The molecule has 4 heteroatoms. The minimum Gasteiger partial charge on any atom is -0.331 e. The number of aryl methyl sites for hydroxylation is 2. The summed E-state index contributed by atoms with van der Waals surface area (Å²) in [6, 6.07) is 15.4. The van der Waals surface area contributed by atoms with Crippen LogP contribution in [0.25, 0.3) is 0 Å². The minimum atomic E-state index is -0.222. The summed E-state index contributed by atoms with van der Waals surface area (Å²) in [5, 5.41) is 0. The van der Waals surface area contributed by atoms with Gasteiger partial charge in [-0.1, -0.05) is 46.3 Å². The van der Waals surface area contributed by atoms with E-state index in [-0.39, 0.29) is 5.82 Å². The SMILES string of the molecule is Fc1cc(Br)cc(Cn2ccnc2CCCc2ccccc2)c1. The van der Waals surface area contributed by atoms with Gasteiger partial charge < -0.3 is 4.57 Å². The molecule has 0 aliphatic rings. The van der Waals surface area contributed by atoms with Crippen LogP contribution in [-0.2, 0) is 19.4 Å². The van der Waals surface area contributed by atoms with Crippen molar-refractivity contribution < 1.29 is 4.39 Å². The first-order valence-corrected chi connectivity index (χ1v) is 8.49. The third kappa shape index (κ3) is 4.52. The van der Waals surface area contributed by atoms with Gasteiger partial charge >= 0.3 is 0 Å². The molecule has 0 bridgehead atoms. The Bertz CT molecular complexity index is 748. The molecular weight excluding hydrogens is 355 g/mol. The largest absolute Gasteiger partial charge is 0.331 e. The third-order valence-corrected chi connectivity index (χ3v) is 4.24. The van der Waals surface area contributed by atoms with E-state index in [9.17, 15) is 4.39 Å². The Morgan fingerprint density at radius 2 is 1.83 bits per heavy atom. The number of aromatic nitrogens is 2. The molecule has 0 spiro atoms. The average molecular weight is 373 g/mol. The first-order valence-electron chi connectivity index (χ1n) is 7.69. The molecule has 118 valence electrons. The van der Waals surface area contributed by atoms with Crippen molar-refractivity contribution in [1.82, 2.24) is 9.55 Å². The monoisotopic (exact) mass is 372 g/mol. The van der Waals surface area contributed by atoms with Crippen LogP contribution in [0.3, 0.4) is 0 Å². The molecule has 23 heavy (non-hydrogen) atoms. The van der Waals surface area contributed by atoms with Crippen LogP contribution in [-0.4, -0.2) is 9.55 Å². The number of imidazole rings is 1. The van der Waals surface area contributed by atoms with Crippen LogP contribution >= 0.6 is 15.9 Å². The summed E-state index contributed by atoms with van der Waals surface area (Å²) in [4.78, 5) is 4.45. The third-order valence-electron chi connectivity index (χ3n) is 3.79. The standard InChI is InChI=1S/C19H18BrFN2/c20-17-11-16(12-18(21)13-17)14-23-10-9-22-19(23)8-4-7-15-5-2-1-3-6-15/h1-3,5-6,9-13H,4,7-8,14H2. The predicted octanol–water partition coefficient (Wildman–Crippen LogP) is 5.01. The molecule has 0 unspecified atom stereocenters. The first-order chi connectivity index (χ1) is 11.2. The second kappa shape index (κ2) is 7.55. The fourth-order valence-electron chi connectivity index (χ4n) is 2.71. The molecule has 0 saturated carbocycles. The van der Waals surface area contributed by atoms with Crippen LogP contribution in [0.15, 0.2) is 65.4 Å². The summed E-state index contributed by atoms with van der Waals surface area (Å²) in [6.07, 6.45) is 6.77. The van der Waals surface area contributed by atoms with Crippen molar-refractivity contribution in [3.05, 3.63) is 88.2 Å². The van der Waals surface area contributed by atoms with Crippen molar-refractivity contribution in [3.63, 3.8) is 0 Å². The zero-order chi connectivity index (χ0) is 16.1. The van der Waals surface area contributed by atoms with Gasteiger partial charge in [-0.05, 0) is 42.2 Å². The lowest BCUT2D eigenvalue weighted by atomic mass is 10.1. The maximum absolute atomic E-state index is 13.5. The molecule has 2 nitrogen and oxygen atoms in total. The molecule has 0 N–H and O–H groups in total. The molecule has 2 aromatic carbocycles. The Morgan fingerprint density at radius 1 is 1.00 bits per heavy atom. The quantitative estimate of drug-likeness (QED) is 0.594. The highest BCUT2D eigenvalue weighted by Crippen LogP contribution is 2.17. The van der Waals surface area contributed by atoms with E-state index >= 15 is 0 Å². The number of halogens is 2. The Kier molecular flexibility index (Phi) is 5.23. The summed E-state index contributed by atoms with van der Waals surface area (Å²) >= 11 is 3.34. The van der Waals surface area contributed by atoms with Crippen molar-refractivity contribution in [3.8, 4) is 0 Å². The number of hydrogen-bond donors (Lipinski definition) is 0. The molecule has 3 aromatic rings. The lowest BCUT2D eigenvalue weighted by Gasteiger charge is -2.09. The van der Waals surface area contributed by atoms with Gasteiger partial charge in [-0.2, -0.15) is 0 Å². The van der Waals surface area contributed by atoms with Crippen molar-refractivity contribution in [2.45, 2.75) is 25.8 Å². The van der Waals surface area contributed by atoms with Gasteiger partial charge in [-0.15, -0.1) is 0 Å². The smallest absolute Gasteiger partial charge is 0.124 e. The van der Waals surface area contributed by atoms with Crippen molar-refractivity contribution in [2.24, 2.45) is 0 Å². The van der Waals surface area contributed by atoms with E-state index in [1.165, 1.54) is 11.6 Å². The van der Waals surface area contributed by atoms with Gasteiger partial charge in [-0.25, -0.2) is 9.37 Å². The number of nitrogens with zero attached hydrogens (tertiary/aromatic N) is 2. The Hall–Kier alpha value is -1.94. The average Bonchev–Trinajstić information content (AvgIpc) is 2.94. The number of rotatable bonds is 6. The molecular formula is C19H18BrFN2. The van der Waals surface area contributed by atoms with Gasteiger partial charge in [0.2, 0.25) is 0 Å². The van der Waals surface area contributed by atoms with Crippen molar-refractivity contribution in [2.75, 3.05) is 0 Å². The second-order valence-corrected chi connectivity index (χ2v) is 6.50. The second-order valence-electron chi connectivity index (χ2n) is 5.59. The Balaban J connectivity index is 1.63. The highest BCUT2D eigenvalue weighted by atomic mass is 79.9. The summed E-state index contributed by atoms with van der Waals surface area (Å²) in [5.74, 6) is 0.821. The molecule has 0 aliphatic heterocycles.